The van der Waals surface area contributed by atoms with Gasteiger partial charge in [-0.1, -0.05) is 12.1 Å². The van der Waals surface area contributed by atoms with Crippen molar-refractivity contribution in [1.82, 2.24) is 21.3 Å². The van der Waals surface area contributed by atoms with Crippen LogP contribution in [-0.2, 0) is 11.2 Å². The number of amides is 2. The molecule has 0 aliphatic rings. The number of hydrogen-bond acceptors (Lipinski definition) is 3. The van der Waals surface area contributed by atoms with Gasteiger partial charge in [0, 0.05) is 45.7 Å². The molecular formula is C17H28IN5O2. The van der Waals surface area contributed by atoms with E-state index in [4.69, 9.17) is 0 Å². The van der Waals surface area contributed by atoms with Crippen LogP contribution < -0.4 is 21.3 Å². The summed E-state index contributed by atoms with van der Waals surface area (Å²) in [5.74, 6) is 0.577. The van der Waals surface area contributed by atoms with Crippen molar-refractivity contribution in [2.75, 3.05) is 33.2 Å². The zero-order valence-corrected chi connectivity index (χ0v) is 17.3. The second-order valence-electron chi connectivity index (χ2n) is 5.20. The maximum absolute atomic E-state index is 11.6. The Morgan fingerprint density at radius 3 is 2.48 bits per heavy atom. The number of halogens is 1. The summed E-state index contributed by atoms with van der Waals surface area (Å²) in [5.41, 5.74) is 1.72. The molecule has 1 aromatic rings. The van der Waals surface area contributed by atoms with E-state index < -0.39 is 0 Å². The summed E-state index contributed by atoms with van der Waals surface area (Å²) in [7, 11) is 1.62. The Morgan fingerprint density at radius 2 is 1.84 bits per heavy atom. The first-order chi connectivity index (χ1) is 11.6. The molecule has 0 spiro atoms. The Morgan fingerprint density at radius 1 is 1.12 bits per heavy atom. The van der Waals surface area contributed by atoms with Gasteiger partial charge in [-0.3, -0.25) is 14.6 Å². The van der Waals surface area contributed by atoms with Gasteiger partial charge in [-0.15, -0.1) is 24.0 Å². The smallest absolute Gasteiger partial charge is 0.251 e. The van der Waals surface area contributed by atoms with Crippen LogP contribution in [0, 0.1) is 0 Å². The average molecular weight is 461 g/mol. The first-order valence-electron chi connectivity index (χ1n) is 8.14. The first-order valence-corrected chi connectivity index (χ1v) is 8.14. The standard InChI is InChI=1S/C17H27N5O2.HI/c1-4-19-17(22-11-10-20-13(2)23)21-9-8-14-6-5-7-15(12-14)16(24)18-3;/h5-7,12H,4,8-11H2,1-3H3,(H,18,24)(H,20,23)(H2,19,21,22);1H. The molecule has 0 radical (unpaired) electrons. The molecular weight excluding hydrogens is 433 g/mol. The maximum atomic E-state index is 11.6. The zero-order chi connectivity index (χ0) is 17.8. The number of aliphatic imine (C=N–C) groups is 1. The molecule has 4 N–H and O–H groups in total. The van der Waals surface area contributed by atoms with E-state index in [9.17, 15) is 9.59 Å². The molecule has 2 amide bonds. The third-order valence-electron chi connectivity index (χ3n) is 3.22. The molecule has 0 fully saturated rings. The predicted molar refractivity (Wildman–Crippen MR) is 112 cm³/mol. The molecule has 0 saturated carbocycles. The average Bonchev–Trinajstić information content (AvgIpc) is 2.58. The second kappa shape index (κ2) is 13.5. The van der Waals surface area contributed by atoms with Gasteiger partial charge in [0.1, 0.15) is 0 Å². The highest BCUT2D eigenvalue weighted by atomic mass is 127. The van der Waals surface area contributed by atoms with Crippen LogP contribution >= 0.6 is 24.0 Å². The molecule has 0 aromatic heterocycles. The largest absolute Gasteiger partial charge is 0.357 e. The van der Waals surface area contributed by atoms with E-state index in [2.05, 4.69) is 26.3 Å². The van der Waals surface area contributed by atoms with Crippen LogP contribution in [0.2, 0.25) is 0 Å². The second-order valence-corrected chi connectivity index (χ2v) is 5.20. The number of carbonyl (C=O) groups excluding carboxylic acids is 2. The topological polar surface area (TPSA) is 94.6 Å². The van der Waals surface area contributed by atoms with Gasteiger partial charge in [0.2, 0.25) is 5.91 Å². The van der Waals surface area contributed by atoms with Gasteiger partial charge in [-0.05, 0) is 31.0 Å². The van der Waals surface area contributed by atoms with Crippen molar-refractivity contribution in [3.05, 3.63) is 35.4 Å². The van der Waals surface area contributed by atoms with Crippen molar-refractivity contribution in [1.29, 1.82) is 0 Å². The van der Waals surface area contributed by atoms with E-state index in [-0.39, 0.29) is 35.8 Å². The van der Waals surface area contributed by atoms with Crippen LogP contribution in [0.1, 0.15) is 29.8 Å². The van der Waals surface area contributed by atoms with Gasteiger partial charge in [0.25, 0.3) is 5.91 Å². The summed E-state index contributed by atoms with van der Waals surface area (Å²) in [6.07, 6.45) is 0.743. The monoisotopic (exact) mass is 461 g/mol. The molecule has 7 nitrogen and oxygen atoms in total. The Hall–Kier alpha value is -1.84. The predicted octanol–water partition coefficient (Wildman–Crippen LogP) is 0.898. The maximum Gasteiger partial charge on any atom is 0.251 e. The molecule has 8 heteroatoms. The lowest BCUT2D eigenvalue weighted by Crippen LogP contribution is -2.41. The number of hydrogen-bond donors (Lipinski definition) is 4. The molecule has 0 bridgehead atoms. The lowest BCUT2D eigenvalue weighted by Gasteiger charge is -2.11. The molecule has 0 atom stereocenters. The molecule has 25 heavy (non-hydrogen) atoms. The lowest BCUT2D eigenvalue weighted by molar-refractivity contribution is -0.118. The van der Waals surface area contributed by atoms with Crippen molar-refractivity contribution in [2.45, 2.75) is 20.3 Å². The van der Waals surface area contributed by atoms with E-state index >= 15 is 0 Å². The van der Waals surface area contributed by atoms with E-state index in [1.165, 1.54) is 6.92 Å². The third-order valence-corrected chi connectivity index (χ3v) is 3.22. The molecule has 0 heterocycles. The third kappa shape index (κ3) is 9.90. The van der Waals surface area contributed by atoms with Crippen LogP contribution in [-0.4, -0.2) is 51.0 Å². The molecule has 0 unspecified atom stereocenters. The fourth-order valence-corrected chi connectivity index (χ4v) is 2.07. The number of nitrogens with zero attached hydrogens (tertiary/aromatic N) is 1. The molecule has 1 rings (SSSR count). The Kier molecular flexibility index (Phi) is 12.5. The van der Waals surface area contributed by atoms with Gasteiger partial charge in [0.15, 0.2) is 5.96 Å². The minimum atomic E-state index is -0.0895. The Balaban J connectivity index is 0.00000576. The van der Waals surface area contributed by atoms with Crippen LogP contribution in [0.25, 0.3) is 0 Å². The van der Waals surface area contributed by atoms with Crippen LogP contribution in [0.4, 0.5) is 0 Å². The fraction of sp³-hybridized carbons (Fsp3) is 0.471. The highest BCUT2D eigenvalue weighted by Crippen LogP contribution is 2.06. The molecule has 1 aromatic carbocycles. The van der Waals surface area contributed by atoms with Crippen LogP contribution in [0.5, 0.6) is 0 Å². The summed E-state index contributed by atoms with van der Waals surface area (Å²) in [4.78, 5) is 27.0. The summed E-state index contributed by atoms with van der Waals surface area (Å²) in [5, 5.41) is 11.7. The van der Waals surface area contributed by atoms with E-state index in [0.29, 0.717) is 31.2 Å². The minimum absolute atomic E-state index is 0. The van der Waals surface area contributed by atoms with Crippen molar-refractivity contribution >= 4 is 41.8 Å². The summed E-state index contributed by atoms with van der Waals surface area (Å²) in [6.45, 7) is 6.01. The van der Waals surface area contributed by atoms with Crippen molar-refractivity contribution in [3.63, 3.8) is 0 Å². The quantitative estimate of drug-likeness (QED) is 0.200. The van der Waals surface area contributed by atoms with Crippen molar-refractivity contribution in [3.8, 4) is 0 Å². The SMILES string of the molecule is CCNC(=NCCc1cccc(C(=O)NC)c1)NCCNC(C)=O.I. The Labute approximate surface area is 166 Å². The number of rotatable bonds is 8. The molecule has 0 saturated heterocycles. The molecule has 0 aliphatic heterocycles. The van der Waals surface area contributed by atoms with Gasteiger partial charge in [-0.25, -0.2) is 0 Å². The fourth-order valence-electron chi connectivity index (χ4n) is 2.07. The number of guanidine groups is 1. The number of benzene rings is 1. The highest BCUT2D eigenvalue weighted by molar-refractivity contribution is 14.0. The summed E-state index contributed by atoms with van der Waals surface area (Å²) in [6, 6.07) is 7.53. The van der Waals surface area contributed by atoms with E-state index in [1.807, 2.05) is 25.1 Å². The van der Waals surface area contributed by atoms with Gasteiger partial charge in [-0.2, -0.15) is 0 Å². The van der Waals surface area contributed by atoms with Gasteiger partial charge >= 0.3 is 0 Å². The zero-order valence-electron chi connectivity index (χ0n) is 15.0. The summed E-state index contributed by atoms with van der Waals surface area (Å²) >= 11 is 0. The van der Waals surface area contributed by atoms with Gasteiger partial charge < -0.3 is 21.3 Å². The lowest BCUT2D eigenvalue weighted by atomic mass is 10.1. The normalized spacial score (nSPS) is 10.4. The number of carbonyl (C=O) groups is 2. The van der Waals surface area contributed by atoms with Crippen LogP contribution in [0.15, 0.2) is 29.3 Å². The van der Waals surface area contributed by atoms with E-state index in [1.54, 1.807) is 13.1 Å². The van der Waals surface area contributed by atoms with Crippen LogP contribution in [0.3, 0.4) is 0 Å². The van der Waals surface area contributed by atoms with Crippen molar-refractivity contribution < 1.29 is 9.59 Å². The van der Waals surface area contributed by atoms with E-state index in [0.717, 1.165) is 18.5 Å². The first kappa shape index (κ1) is 23.2. The molecule has 0 aliphatic carbocycles. The Bertz CT molecular complexity index is 578. The highest BCUT2D eigenvalue weighted by Gasteiger charge is 2.03. The number of nitrogens with one attached hydrogen (secondary N) is 4. The molecule has 140 valence electrons. The minimum Gasteiger partial charge on any atom is -0.357 e. The summed E-state index contributed by atoms with van der Waals surface area (Å²) < 4.78 is 0. The van der Waals surface area contributed by atoms with Gasteiger partial charge in [0.05, 0.1) is 0 Å². The van der Waals surface area contributed by atoms with Crippen molar-refractivity contribution in [2.24, 2.45) is 4.99 Å².